The maximum Gasteiger partial charge on any atom is 0.123 e. The highest BCUT2D eigenvalue weighted by molar-refractivity contribution is 5.17. The zero-order valence-corrected chi connectivity index (χ0v) is 14.7. The molecule has 2 aromatic rings. The average Bonchev–Trinajstić information content (AvgIpc) is 3.30. The molecule has 1 atom stereocenters. The maximum atomic E-state index is 13.0. The average molecular weight is 342 g/mol. The number of benzene rings is 1. The molecule has 2 aliphatic rings. The summed E-state index contributed by atoms with van der Waals surface area (Å²) >= 11 is 0. The second-order valence-corrected chi connectivity index (χ2v) is 7.49. The van der Waals surface area contributed by atoms with Gasteiger partial charge in [0.25, 0.3) is 0 Å². The zero-order chi connectivity index (χ0) is 17.1. The molecular weight excluding hydrogens is 315 g/mol. The first-order valence-electron chi connectivity index (χ1n) is 9.48. The van der Waals surface area contributed by atoms with Crippen molar-refractivity contribution < 1.29 is 4.39 Å². The Bertz CT molecular complexity index is 667. The van der Waals surface area contributed by atoms with Crippen molar-refractivity contribution in [3.05, 3.63) is 53.6 Å². The topological polar surface area (TPSA) is 33.1 Å². The lowest BCUT2D eigenvalue weighted by molar-refractivity contribution is 0.157. The maximum absolute atomic E-state index is 13.0. The minimum Gasteiger partial charge on any atom is -0.314 e. The Morgan fingerprint density at radius 1 is 1.04 bits per heavy atom. The predicted molar refractivity (Wildman–Crippen MR) is 96.8 cm³/mol. The third-order valence-corrected chi connectivity index (χ3v) is 5.65. The van der Waals surface area contributed by atoms with E-state index in [1.165, 1.54) is 63.0 Å². The number of likely N-dealkylation sites (tertiary alicyclic amines) is 1. The molecule has 4 rings (SSSR count). The first-order valence-corrected chi connectivity index (χ1v) is 9.48. The van der Waals surface area contributed by atoms with Crippen LogP contribution in [0.25, 0.3) is 0 Å². The Hall–Kier alpha value is -1.72. The molecular formula is C20H27FN4. The standard InChI is InChI=1S/C20H27FN4/c21-19-5-3-16(4-6-19)14-25-15-17(12-23-25)13-24-10-7-18(8-11-24)20-2-1-9-22-20/h3-6,12,15,18,20,22H,1-2,7-11,13-14H2. The smallest absolute Gasteiger partial charge is 0.123 e. The minimum absolute atomic E-state index is 0.193. The van der Waals surface area contributed by atoms with E-state index in [4.69, 9.17) is 0 Å². The van der Waals surface area contributed by atoms with Gasteiger partial charge in [-0.2, -0.15) is 5.10 Å². The molecule has 1 N–H and O–H groups in total. The highest BCUT2D eigenvalue weighted by Crippen LogP contribution is 2.26. The number of halogens is 1. The number of hydrogen-bond donors (Lipinski definition) is 1. The Morgan fingerprint density at radius 2 is 1.84 bits per heavy atom. The first kappa shape index (κ1) is 16.7. The highest BCUT2D eigenvalue weighted by atomic mass is 19.1. The molecule has 3 heterocycles. The Labute approximate surface area is 149 Å². The van der Waals surface area contributed by atoms with Gasteiger partial charge in [-0.1, -0.05) is 12.1 Å². The van der Waals surface area contributed by atoms with Crippen molar-refractivity contribution in [3.8, 4) is 0 Å². The molecule has 25 heavy (non-hydrogen) atoms. The van der Waals surface area contributed by atoms with Gasteiger partial charge in [0.05, 0.1) is 12.7 Å². The molecule has 0 saturated carbocycles. The van der Waals surface area contributed by atoms with Crippen LogP contribution < -0.4 is 5.32 Å². The van der Waals surface area contributed by atoms with Gasteiger partial charge in [0.1, 0.15) is 5.82 Å². The van der Waals surface area contributed by atoms with Crippen molar-refractivity contribution in [2.45, 2.75) is 44.8 Å². The second kappa shape index (κ2) is 7.67. The Balaban J connectivity index is 1.27. The van der Waals surface area contributed by atoms with E-state index >= 15 is 0 Å². The van der Waals surface area contributed by atoms with Gasteiger partial charge in [-0.05, 0) is 68.9 Å². The van der Waals surface area contributed by atoms with Crippen molar-refractivity contribution in [2.24, 2.45) is 5.92 Å². The van der Waals surface area contributed by atoms with E-state index in [9.17, 15) is 4.39 Å². The number of hydrogen-bond acceptors (Lipinski definition) is 3. The second-order valence-electron chi connectivity index (χ2n) is 7.49. The van der Waals surface area contributed by atoms with E-state index in [0.717, 1.165) is 24.1 Å². The van der Waals surface area contributed by atoms with Crippen LogP contribution in [0.5, 0.6) is 0 Å². The highest BCUT2D eigenvalue weighted by Gasteiger charge is 2.28. The third kappa shape index (κ3) is 4.28. The molecule has 5 heteroatoms. The van der Waals surface area contributed by atoms with Gasteiger partial charge >= 0.3 is 0 Å². The zero-order valence-electron chi connectivity index (χ0n) is 14.7. The summed E-state index contributed by atoms with van der Waals surface area (Å²) in [6.45, 7) is 5.25. The normalized spacial score (nSPS) is 22.5. The van der Waals surface area contributed by atoms with Gasteiger partial charge < -0.3 is 5.32 Å². The third-order valence-electron chi connectivity index (χ3n) is 5.65. The van der Waals surface area contributed by atoms with Crippen molar-refractivity contribution in [1.82, 2.24) is 20.0 Å². The lowest BCUT2D eigenvalue weighted by Crippen LogP contribution is -2.40. The van der Waals surface area contributed by atoms with Crippen molar-refractivity contribution in [2.75, 3.05) is 19.6 Å². The molecule has 2 saturated heterocycles. The fraction of sp³-hybridized carbons (Fsp3) is 0.550. The first-order chi connectivity index (χ1) is 12.3. The molecule has 0 radical (unpaired) electrons. The summed E-state index contributed by atoms with van der Waals surface area (Å²) in [6, 6.07) is 7.41. The van der Waals surface area contributed by atoms with E-state index in [0.29, 0.717) is 6.54 Å². The van der Waals surface area contributed by atoms with E-state index in [1.807, 2.05) is 23.0 Å². The summed E-state index contributed by atoms with van der Waals surface area (Å²) in [5.41, 5.74) is 2.33. The van der Waals surface area contributed by atoms with E-state index in [2.05, 4.69) is 21.5 Å². The Morgan fingerprint density at radius 3 is 2.56 bits per heavy atom. The fourth-order valence-electron chi connectivity index (χ4n) is 4.24. The van der Waals surface area contributed by atoms with Crippen LogP contribution in [0, 0.1) is 11.7 Å². The van der Waals surface area contributed by atoms with E-state index in [-0.39, 0.29) is 5.82 Å². The van der Waals surface area contributed by atoms with Crippen LogP contribution in [0.2, 0.25) is 0 Å². The van der Waals surface area contributed by atoms with Crippen LogP contribution in [-0.4, -0.2) is 40.4 Å². The number of nitrogens with one attached hydrogen (secondary N) is 1. The molecule has 1 aromatic carbocycles. The quantitative estimate of drug-likeness (QED) is 0.907. The molecule has 2 aliphatic heterocycles. The monoisotopic (exact) mass is 342 g/mol. The molecule has 134 valence electrons. The lowest BCUT2D eigenvalue weighted by atomic mass is 9.88. The van der Waals surface area contributed by atoms with Crippen LogP contribution in [-0.2, 0) is 13.1 Å². The van der Waals surface area contributed by atoms with Gasteiger partial charge in [0.15, 0.2) is 0 Å². The summed E-state index contributed by atoms with van der Waals surface area (Å²) in [7, 11) is 0. The van der Waals surface area contributed by atoms with Crippen LogP contribution in [0.4, 0.5) is 4.39 Å². The van der Waals surface area contributed by atoms with E-state index < -0.39 is 0 Å². The van der Waals surface area contributed by atoms with Crippen LogP contribution in [0.1, 0.15) is 36.8 Å². The van der Waals surface area contributed by atoms with Crippen molar-refractivity contribution >= 4 is 0 Å². The molecule has 1 aromatic heterocycles. The SMILES string of the molecule is Fc1ccc(Cn2cc(CN3CCC(C4CCCN4)CC3)cn2)cc1. The lowest BCUT2D eigenvalue weighted by Gasteiger charge is -2.34. The van der Waals surface area contributed by atoms with Gasteiger partial charge in [0.2, 0.25) is 0 Å². The summed E-state index contributed by atoms with van der Waals surface area (Å²) in [5.74, 6) is 0.668. The summed E-state index contributed by atoms with van der Waals surface area (Å²) in [6.07, 6.45) is 9.41. The van der Waals surface area contributed by atoms with Crippen LogP contribution in [0.3, 0.4) is 0 Å². The van der Waals surface area contributed by atoms with Gasteiger partial charge in [-0.25, -0.2) is 4.39 Å². The number of piperidine rings is 1. The molecule has 0 aliphatic carbocycles. The predicted octanol–water partition coefficient (Wildman–Crippen LogP) is 3.03. The van der Waals surface area contributed by atoms with E-state index in [1.54, 1.807) is 0 Å². The van der Waals surface area contributed by atoms with Crippen molar-refractivity contribution in [1.29, 1.82) is 0 Å². The molecule has 1 unspecified atom stereocenters. The van der Waals surface area contributed by atoms with Crippen LogP contribution in [0.15, 0.2) is 36.7 Å². The molecule has 0 spiro atoms. The van der Waals surface area contributed by atoms with Gasteiger partial charge in [-0.15, -0.1) is 0 Å². The Kier molecular flexibility index (Phi) is 5.13. The molecule has 0 bridgehead atoms. The van der Waals surface area contributed by atoms with Gasteiger partial charge in [-0.3, -0.25) is 9.58 Å². The molecule has 4 nitrogen and oxygen atoms in total. The molecule has 0 amide bonds. The minimum atomic E-state index is -0.193. The van der Waals surface area contributed by atoms with Crippen LogP contribution >= 0.6 is 0 Å². The number of aromatic nitrogens is 2. The number of rotatable bonds is 5. The fourth-order valence-corrected chi connectivity index (χ4v) is 4.24. The summed E-state index contributed by atoms with van der Waals surface area (Å²) in [5, 5.41) is 8.13. The number of nitrogens with zero attached hydrogens (tertiary/aromatic N) is 3. The van der Waals surface area contributed by atoms with Crippen molar-refractivity contribution in [3.63, 3.8) is 0 Å². The summed E-state index contributed by atoms with van der Waals surface area (Å²) < 4.78 is 14.9. The van der Waals surface area contributed by atoms with Gasteiger partial charge in [0, 0.05) is 24.3 Å². The molecule has 2 fully saturated rings. The largest absolute Gasteiger partial charge is 0.314 e. The summed E-state index contributed by atoms with van der Waals surface area (Å²) in [4.78, 5) is 2.55.